The number of benzene rings is 1. The smallest absolute Gasteiger partial charge is 0.315 e. The van der Waals surface area contributed by atoms with E-state index in [0.717, 1.165) is 6.07 Å². The van der Waals surface area contributed by atoms with Crippen LogP contribution in [0.25, 0.3) is 0 Å². The number of carbonyl (C=O) groups excluding carboxylic acids is 1. The van der Waals surface area contributed by atoms with Gasteiger partial charge in [0.1, 0.15) is 0 Å². The lowest BCUT2D eigenvalue weighted by atomic mass is 10.1. The summed E-state index contributed by atoms with van der Waals surface area (Å²) >= 11 is 0. The molecule has 7 heteroatoms. The molecular weight excluding hydrogens is 228 g/mol. The average molecular weight is 240 g/mol. The lowest BCUT2D eigenvalue weighted by molar-refractivity contribution is -0.386. The Kier molecular flexibility index (Phi) is 4.00. The van der Waals surface area contributed by atoms with Crippen molar-refractivity contribution in [2.75, 3.05) is 13.7 Å². The van der Waals surface area contributed by atoms with Crippen molar-refractivity contribution in [3.05, 3.63) is 27.8 Å². The minimum atomic E-state index is -0.781. The molecule has 17 heavy (non-hydrogen) atoms. The summed E-state index contributed by atoms with van der Waals surface area (Å²) in [5.41, 5.74) is 4.76. The van der Waals surface area contributed by atoms with E-state index in [9.17, 15) is 20.0 Å². The quantitative estimate of drug-likeness (QED) is 0.447. The number of phenols is 1. The van der Waals surface area contributed by atoms with E-state index >= 15 is 0 Å². The summed E-state index contributed by atoms with van der Waals surface area (Å²) in [6, 6.07) is 2.26. The molecule has 3 N–H and O–H groups in total. The molecule has 0 saturated heterocycles. The molecule has 92 valence electrons. The first-order chi connectivity index (χ1) is 8.01. The third kappa shape index (κ3) is 2.70. The van der Waals surface area contributed by atoms with E-state index < -0.39 is 16.4 Å². The number of phenolic OH excluding ortho intramolecular Hbond substituents is 1. The molecule has 1 aromatic carbocycles. The molecule has 0 aromatic heterocycles. The van der Waals surface area contributed by atoms with Crippen LogP contribution in [0.5, 0.6) is 11.5 Å². The van der Waals surface area contributed by atoms with E-state index in [2.05, 4.69) is 0 Å². The molecular formula is C10H12N2O5. The largest absolute Gasteiger partial charge is 0.500 e. The number of nitro benzene ring substituents is 1. The number of aromatic hydroxyl groups is 1. The third-order valence-electron chi connectivity index (χ3n) is 2.16. The van der Waals surface area contributed by atoms with Gasteiger partial charge in [-0.1, -0.05) is 0 Å². The van der Waals surface area contributed by atoms with Gasteiger partial charge < -0.3 is 15.6 Å². The van der Waals surface area contributed by atoms with Gasteiger partial charge in [0, 0.05) is 18.1 Å². The van der Waals surface area contributed by atoms with Gasteiger partial charge in [-0.15, -0.1) is 0 Å². The predicted molar refractivity (Wildman–Crippen MR) is 59.3 cm³/mol. The molecule has 0 radical (unpaired) electrons. The summed E-state index contributed by atoms with van der Waals surface area (Å²) in [7, 11) is 1.25. The molecule has 0 aliphatic heterocycles. The maximum absolute atomic E-state index is 11.6. The van der Waals surface area contributed by atoms with E-state index in [1.54, 1.807) is 0 Å². The highest BCUT2D eigenvalue weighted by Crippen LogP contribution is 2.37. The Bertz CT molecular complexity index is 458. The highest BCUT2D eigenvalue weighted by atomic mass is 16.6. The molecule has 0 aliphatic rings. The lowest BCUT2D eigenvalue weighted by Gasteiger charge is -2.06. The van der Waals surface area contributed by atoms with E-state index in [0.29, 0.717) is 0 Å². The summed E-state index contributed by atoms with van der Waals surface area (Å²) in [6.07, 6.45) is 0.0745. The summed E-state index contributed by atoms with van der Waals surface area (Å²) in [4.78, 5) is 21.5. The number of rotatable bonds is 5. The summed E-state index contributed by atoms with van der Waals surface area (Å²) in [6.45, 7) is 0.149. The zero-order valence-corrected chi connectivity index (χ0v) is 9.17. The number of methoxy groups -OCH3 is 1. The Hall–Kier alpha value is -2.15. The van der Waals surface area contributed by atoms with Crippen LogP contribution in [-0.4, -0.2) is 29.5 Å². The van der Waals surface area contributed by atoms with Crippen molar-refractivity contribution in [1.82, 2.24) is 0 Å². The predicted octanol–water partition coefficient (Wildman–Crippen LogP) is 0.840. The molecule has 0 amide bonds. The van der Waals surface area contributed by atoms with Crippen molar-refractivity contribution in [2.45, 2.75) is 6.42 Å². The maximum Gasteiger partial charge on any atom is 0.315 e. The fraction of sp³-hybridized carbons (Fsp3) is 0.300. The first-order valence-electron chi connectivity index (χ1n) is 4.80. The number of carbonyl (C=O) groups is 1. The Morgan fingerprint density at radius 3 is 2.71 bits per heavy atom. The Labute approximate surface area is 97.0 Å². The molecule has 0 aliphatic carbocycles. The number of nitrogens with two attached hydrogens (primary N) is 1. The second-order valence-corrected chi connectivity index (χ2v) is 3.27. The molecule has 0 unspecified atom stereocenters. The van der Waals surface area contributed by atoms with Crippen molar-refractivity contribution in [3.8, 4) is 11.5 Å². The second kappa shape index (κ2) is 5.26. The zero-order valence-electron chi connectivity index (χ0n) is 9.17. The SMILES string of the molecule is COc1cc(C(=O)CCN)cc([N+](=O)[O-])c1O. The number of hydrogen-bond donors (Lipinski definition) is 2. The monoisotopic (exact) mass is 240 g/mol. The van der Waals surface area contributed by atoms with Crippen molar-refractivity contribution in [2.24, 2.45) is 5.73 Å². The first-order valence-corrected chi connectivity index (χ1v) is 4.80. The van der Waals surface area contributed by atoms with Crippen molar-refractivity contribution >= 4 is 11.5 Å². The molecule has 0 fully saturated rings. The van der Waals surface area contributed by atoms with E-state index in [1.807, 2.05) is 0 Å². The van der Waals surface area contributed by atoms with Gasteiger partial charge >= 0.3 is 5.69 Å². The Morgan fingerprint density at radius 1 is 1.59 bits per heavy atom. The van der Waals surface area contributed by atoms with Gasteiger partial charge in [-0.2, -0.15) is 0 Å². The van der Waals surface area contributed by atoms with Crippen LogP contribution in [0.4, 0.5) is 5.69 Å². The molecule has 1 rings (SSSR count). The topological polar surface area (TPSA) is 116 Å². The van der Waals surface area contributed by atoms with Gasteiger partial charge in [0.25, 0.3) is 0 Å². The van der Waals surface area contributed by atoms with Crippen LogP contribution in [0.3, 0.4) is 0 Å². The van der Waals surface area contributed by atoms with Crippen LogP contribution in [0.15, 0.2) is 12.1 Å². The van der Waals surface area contributed by atoms with Gasteiger partial charge in [-0.25, -0.2) is 0 Å². The number of Topliss-reactive ketones (excluding diaryl/α,β-unsaturated/α-hetero) is 1. The summed E-state index contributed by atoms with van der Waals surface area (Å²) in [5, 5.41) is 20.2. The van der Waals surface area contributed by atoms with Gasteiger partial charge in [-0.05, 0) is 12.6 Å². The molecule has 0 spiro atoms. The van der Waals surface area contributed by atoms with E-state index in [4.69, 9.17) is 10.5 Å². The number of nitro groups is 1. The molecule has 1 aromatic rings. The van der Waals surface area contributed by atoms with Crippen LogP contribution in [0, 0.1) is 10.1 Å². The number of hydrogen-bond acceptors (Lipinski definition) is 6. The van der Waals surface area contributed by atoms with Crippen LogP contribution >= 0.6 is 0 Å². The summed E-state index contributed by atoms with van der Waals surface area (Å²) in [5.74, 6) is -1.05. The fourth-order valence-corrected chi connectivity index (χ4v) is 1.32. The fourth-order valence-electron chi connectivity index (χ4n) is 1.32. The molecule has 7 nitrogen and oxygen atoms in total. The first kappa shape index (κ1) is 12.9. The van der Waals surface area contributed by atoms with Crippen LogP contribution in [-0.2, 0) is 0 Å². The lowest BCUT2D eigenvalue weighted by Crippen LogP contribution is -2.08. The minimum Gasteiger partial charge on any atom is -0.500 e. The zero-order chi connectivity index (χ0) is 13.0. The maximum atomic E-state index is 11.6. The highest BCUT2D eigenvalue weighted by molar-refractivity contribution is 5.97. The number of nitrogens with zero attached hydrogens (tertiary/aromatic N) is 1. The summed E-state index contributed by atoms with van der Waals surface area (Å²) < 4.78 is 4.77. The average Bonchev–Trinajstić information content (AvgIpc) is 2.29. The second-order valence-electron chi connectivity index (χ2n) is 3.27. The third-order valence-corrected chi connectivity index (χ3v) is 2.16. The van der Waals surface area contributed by atoms with Crippen LogP contribution in [0.1, 0.15) is 16.8 Å². The van der Waals surface area contributed by atoms with Gasteiger partial charge in [0.2, 0.25) is 5.75 Å². The number of ketones is 1. The minimum absolute atomic E-state index is 0.0745. The molecule has 0 heterocycles. The molecule has 0 bridgehead atoms. The van der Waals surface area contributed by atoms with Gasteiger partial charge in [0.05, 0.1) is 12.0 Å². The standard InChI is InChI=1S/C10H12N2O5/c1-17-9-5-6(8(13)2-3-11)4-7(10(9)14)12(15)16/h4-5,14H,2-3,11H2,1H3. The highest BCUT2D eigenvalue weighted by Gasteiger charge is 2.21. The van der Waals surface area contributed by atoms with Crippen molar-refractivity contribution in [3.63, 3.8) is 0 Å². The van der Waals surface area contributed by atoms with Crippen molar-refractivity contribution < 1.29 is 19.6 Å². The van der Waals surface area contributed by atoms with Gasteiger partial charge in [-0.3, -0.25) is 14.9 Å². The van der Waals surface area contributed by atoms with Crippen LogP contribution < -0.4 is 10.5 Å². The van der Waals surface area contributed by atoms with E-state index in [1.165, 1.54) is 13.2 Å². The Morgan fingerprint density at radius 2 is 2.24 bits per heavy atom. The molecule has 0 saturated carbocycles. The van der Waals surface area contributed by atoms with E-state index in [-0.39, 0.29) is 30.1 Å². The van der Waals surface area contributed by atoms with Gasteiger partial charge in [0.15, 0.2) is 11.5 Å². The van der Waals surface area contributed by atoms with Crippen molar-refractivity contribution in [1.29, 1.82) is 0 Å². The number of ether oxygens (including phenoxy) is 1. The molecule has 0 atom stereocenters. The Balaban J connectivity index is 3.29. The van der Waals surface area contributed by atoms with Crippen LogP contribution in [0.2, 0.25) is 0 Å². The normalized spacial score (nSPS) is 10.0.